The minimum absolute atomic E-state index is 0.273. The third kappa shape index (κ3) is 3.03. The lowest BCUT2D eigenvalue weighted by Gasteiger charge is -2.27. The van der Waals surface area contributed by atoms with Crippen LogP contribution in [-0.4, -0.2) is 26.9 Å². The van der Waals surface area contributed by atoms with Crippen LogP contribution in [0.3, 0.4) is 0 Å². The molecule has 0 amide bonds. The molecule has 0 aliphatic carbocycles. The fraction of sp³-hybridized carbons (Fsp3) is 0.429. The number of halogens is 1. The van der Waals surface area contributed by atoms with Gasteiger partial charge in [0.2, 0.25) is 0 Å². The van der Waals surface area contributed by atoms with Crippen molar-refractivity contribution in [3.63, 3.8) is 0 Å². The summed E-state index contributed by atoms with van der Waals surface area (Å²) in [5.41, 5.74) is 7.15. The minimum Gasteiger partial charge on any atom is -0.398 e. The molecule has 1 aliphatic rings. The maximum atomic E-state index is 6.20. The van der Waals surface area contributed by atoms with E-state index in [2.05, 4.69) is 17.1 Å². The Morgan fingerprint density at radius 2 is 2.19 bits per heavy atom. The second-order valence-corrected chi connectivity index (χ2v) is 7.77. The Morgan fingerprint density at radius 3 is 2.95 bits per heavy atom. The Hall–Kier alpha value is -0.850. The lowest BCUT2D eigenvalue weighted by atomic mass is 10.2. The second-order valence-electron chi connectivity index (χ2n) is 4.77. The van der Waals surface area contributed by atoms with Gasteiger partial charge in [0.15, 0.2) is 5.82 Å². The van der Waals surface area contributed by atoms with E-state index in [0.717, 1.165) is 18.0 Å². The third-order valence-corrected chi connectivity index (χ3v) is 6.97. The predicted molar refractivity (Wildman–Crippen MR) is 90.9 cm³/mol. The van der Waals surface area contributed by atoms with E-state index in [4.69, 9.17) is 21.9 Å². The molecule has 21 heavy (non-hydrogen) atoms. The van der Waals surface area contributed by atoms with Gasteiger partial charge in [0, 0.05) is 22.4 Å². The molecule has 2 aromatic rings. The van der Waals surface area contributed by atoms with Crippen LogP contribution in [0.4, 0.5) is 5.69 Å². The molecule has 2 heterocycles. The van der Waals surface area contributed by atoms with Gasteiger partial charge in [-0.3, -0.25) is 0 Å². The van der Waals surface area contributed by atoms with Crippen LogP contribution in [-0.2, 0) is 0 Å². The van der Waals surface area contributed by atoms with Crippen molar-refractivity contribution in [2.45, 2.75) is 23.8 Å². The zero-order valence-electron chi connectivity index (χ0n) is 11.6. The Labute approximate surface area is 137 Å². The first kappa shape index (κ1) is 15.1. The van der Waals surface area contributed by atoms with Crippen molar-refractivity contribution in [3.8, 4) is 11.5 Å². The molecule has 2 atom stereocenters. The number of aromatic nitrogens is 2. The molecule has 2 N–H and O–H groups in total. The molecular weight excluding hydrogens is 326 g/mol. The average molecular weight is 342 g/mol. The summed E-state index contributed by atoms with van der Waals surface area (Å²) < 4.78 is 5.41. The van der Waals surface area contributed by atoms with Crippen molar-refractivity contribution < 1.29 is 4.52 Å². The van der Waals surface area contributed by atoms with E-state index in [-0.39, 0.29) is 5.25 Å². The lowest BCUT2D eigenvalue weighted by molar-refractivity contribution is 0.421. The summed E-state index contributed by atoms with van der Waals surface area (Å²) in [7, 11) is 0. The van der Waals surface area contributed by atoms with Gasteiger partial charge in [-0.1, -0.05) is 29.7 Å². The minimum atomic E-state index is 0.273. The zero-order chi connectivity index (χ0) is 14.8. The summed E-state index contributed by atoms with van der Waals surface area (Å²) in [5.74, 6) is 3.44. The first-order valence-corrected chi connectivity index (χ1v) is 9.29. The van der Waals surface area contributed by atoms with Gasteiger partial charge >= 0.3 is 0 Å². The van der Waals surface area contributed by atoms with Crippen molar-refractivity contribution in [1.82, 2.24) is 10.1 Å². The van der Waals surface area contributed by atoms with Crippen LogP contribution in [0.1, 0.15) is 24.4 Å². The molecule has 0 saturated carbocycles. The highest BCUT2D eigenvalue weighted by atomic mass is 35.5. The third-order valence-electron chi connectivity index (χ3n) is 3.41. The number of nitrogens with two attached hydrogens (primary N) is 1. The normalized spacial score (nSPS) is 22.4. The van der Waals surface area contributed by atoms with Crippen molar-refractivity contribution in [1.29, 1.82) is 0 Å². The molecule has 1 aromatic heterocycles. The van der Waals surface area contributed by atoms with Crippen molar-refractivity contribution >= 4 is 40.8 Å². The molecule has 1 fully saturated rings. The largest absolute Gasteiger partial charge is 0.398 e. The quantitative estimate of drug-likeness (QED) is 0.841. The second kappa shape index (κ2) is 6.50. The Bertz CT molecular complexity index is 614. The van der Waals surface area contributed by atoms with Crippen LogP contribution < -0.4 is 5.73 Å². The summed E-state index contributed by atoms with van der Waals surface area (Å²) in [4.78, 5) is 4.55. The Balaban J connectivity index is 1.93. The highest BCUT2D eigenvalue weighted by molar-refractivity contribution is 8.06. The summed E-state index contributed by atoms with van der Waals surface area (Å²) >= 11 is 10.1. The van der Waals surface area contributed by atoms with E-state index in [0.29, 0.717) is 27.4 Å². The van der Waals surface area contributed by atoms with Crippen LogP contribution in [0, 0.1) is 0 Å². The van der Waals surface area contributed by atoms with Gasteiger partial charge in [-0.25, -0.2) is 0 Å². The van der Waals surface area contributed by atoms with Gasteiger partial charge in [-0.05, 0) is 18.6 Å². The van der Waals surface area contributed by atoms with Crippen LogP contribution in [0.15, 0.2) is 22.7 Å². The van der Waals surface area contributed by atoms with E-state index in [1.165, 1.54) is 5.75 Å². The Morgan fingerprint density at radius 1 is 1.38 bits per heavy atom. The van der Waals surface area contributed by atoms with Gasteiger partial charge in [0.1, 0.15) is 0 Å². The molecule has 0 radical (unpaired) electrons. The summed E-state index contributed by atoms with van der Waals surface area (Å²) in [6.45, 7) is 2.20. The number of nitrogens with zero attached hydrogens (tertiary/aromatic N) is 2. The molecule has 7 heteroatoms. The number of nitrogen functional groups attached to an aromatic ring is 1. The predicted octanol–water partition coefficient (Wildman–Crippen LogP) is 4.27. The van der Waals surface area contributed by atoms with E-state index >= 15 is 0 Å². The molecule has 1 aromatic carbocycles. The first-order chi connectivity index (χ1) is 10.2. The number of hydrogen-bond acceptors (Lipinski definition) is 6. The Kier molecular flexibility index (Phi) is 4.66. The standard InChI is InChI=1S/C14H16ClN3OS2/c1-2-10-12(21-7-6-20-10)13-17-14(19-18-13)11-8(15)4-3-5-9(11)16/h3-5,10,12H,2,6-7,16H2,1H3. The molecule has 2 unspecified atom stereocenters. The fourth-order valence-corrected chi connectivity index (χ4v) is 5.61. The monoisotopic (exact) mass is 341 g/mol. The number of anilines is 1. The van der Waals surface area contributed by atoms with Gasteiger partial charge < -0.3 is 10.3 Å². The summed E-state index contributed by atoms with van der Waals surface area (Å²) in [5, 5.41) is 5.49. The number of rotatable bonds is 3. The van der Waals surface area contributed by atoms with Gasteiger partial charge in [0.05, 0.1) is 15.8 Å². The van der Waals surface area contributed by atoms with E-state index in [1.807, 2.05) is 23.5 Å². The SMILES string of the molecule is CCC1SCCSC1c1noc(-c2c(N)cccc2Cl)n1. The van der Waals surface area contributed by atoms with Crippen molar-refractivity contribution in [2.75, 3.05) is 17.2 Å². The fourth-order valence-electron chi connectivity index (χ4n) is 2.36. The number of hydrogen-bond donors (Lipinski definition) is 1. The molecule has 1 saturated heterocycles. The average Bonchev–Trinajstić information content (AvgIpc) is 2.96. The molecule has 112 valence electrons. The maximum absolute atomic E-state index is 6.20. The highest BCUT2D eigenvalue weighted by Gasteiger charge is 2.31. The number of thioether (sulfide) groups is 2. The van der Waals surface area contributed by atoms with Gasteiger partial charge in [-0.2, -0.15) is 16.7 Å². The summed E-state index contributed by atoms with van der Waals surface area (Å²) in [6.07, 6.45) is 1.10. The van der Waals surface area contributed by atoms with E-state index < -0.39 is 0 Å². The van der Waals surface area contributed by atoms with Crippen LogP contribution >= 0.6 is 35.1 Å². The molecule has 1 aliphatic heterocycles. The smallest absolute Gasteiger partial charge is 0.261 e. The van der Waals surface area contributed by atoms with Crippen LogP contribution in [0.2, 0.25) is 5.02 Å². The van der Waals surface area contributed by atoms with Gasteiger partial charge in [-0.15, -0.1) is 11.8 Å². The number of benzene rings is 1. The molecule has 0 spiro atoms. The summed E-state index contributed by atoms with van der Waals surface area (Å²) in [6, 6.07) is 5.36. The first-order valence-electron chi connectivity index (χ1n) is 6.82. The van der Waals surface area contributed by atoms with Crippen LogP contribution in [0.25, 0.3) is 11.5 Å². The lowest BCUT2D eigenvalue weighted by Crippen LogP contribution is -2.19. The van der Waals surface area contributed by atoms with E-state index in [9.17, 15) is 0 Å². The van der Waals surface area contributed by atoms with E-state index in [1.54, 1.807) is 18.2 Å². The van der Waals surface area contributed by atoms with Crippen molar-refractivity contribution in [3.05, 3.63) is 29.0 Å². The molecule has 0 bridgehead atoms. The maximum Gasteiger partial charge on any atom is 0.261 e. The van der Waals surface area contributed by atoms with Crippen molar-refractivity contribution in [2.24, 2.45) is 0 Å². The molecular formula is C14H16ClN3OS2. The molecule has 4 nitrogen and oxygen atoms in total. The molecule has 3 rings (SSSR count). The topological polar surface area (TPSA) is 64.9 Å². The van der Waals surface area contributed by atoms with Crippen LogP contribution in [0.5, 0.6) is 0 Å². The van der Waals surface area contributed by atoms with Gasteiger partial charge in [0.25, 0.3) is 5.89 Å². The highest BCUT2D eigenvalue weighted by Crippen LogP contribution is 2.43. The zero-order valence-corrected chi connectivity index (χ0v) is 14.0.